The Morgan fingerprint density at radius 2 is 1.78 bits per heavy atom. The monoisotopic (exact) mass is 386 g/mol. The Kier molecular flexibility index (Phi) is 7.27. The van der Waals surface area contributed by atoms with Gasteiger partial charge in [0.15, 0.2) is 0 Å². The maximum atomic E-state index is 12.9. The predicted octanol–water partition coefficient (Wildman–Crippen LogP) is 4.02. The molecule has 2 atom stereocenters. The molecular formula is C22H27ClN2O2. The number of morpholine rings is 1. The lowest BCUT2D eigenvalue weighted by Crippen LogP contribution is -2.44. The van der Waals surface area contributed by atoms with Gasteiger partial charge in [0.1, 0.15) is 0 Å². The molecule has 1 N–H and O–H groups in total. The van der Waals surface area contributed by atoms with Gasteiger partial charge in [0, 0.05) is 24.7 Å². The number of nitrogens with zero attached hydrogens (tertiary/aromatic N) is 1. The summed E-state index contributed by atoms with van der Waals surface area (Å²) in [5, 5.41) is 3.91. The van der Waals surface area contributed by atoms with Crippen molar-refractivity contribution in [1.29, 1.82) is 0 Å². The van der Waals surface area contributed by atoms with Crippen molar-refractivity contribution in [2.75, 3.05) is 32.8 Å². The van der Waals surface area contributed by atoms with Crippen LogP contribution in [0.4, 0.5) is 0 Å². The van der Waals surface area contributed by atoms with E-state index < -0.39 is 0 Å². The van der Waals surface area contributed by atoms with E-state index in [1.165, 1.54) is 0 Å². The predicted molar refractivity (Wildman–Crippen MR) is 109 cm³/mol. The van der Waals surface area contributed by atoms with Crippen LogP contribution in [0.15, 0.2) is 54.6 Å². The molecule has 1 aliphatic rings. The van der Waals surface area contributed by atoms with Gasteiger partial charge in [0.25, 0.3) is 0 Å². The summed E-state index contributed by atoms with van der Waals surface area (Å²) in [6, 6.07) is 17.9. The highest BCUT2D eigenvalue weighted by atomic mass is 35.5. The average molecular weight is 387 g/mol. The second-order valence-corrected chi connectivity index (χ2v) is 7.21. The Morgan fingerprint density at radius 3 is 2.44 bits per heavy atom. The highest BCUT2D eigenvalue weighted by Crippen LogP contribution is 2.28. The molecule has 1 amide bonds. The smallest absolute Gasteiger partial charge is 0.227 e. The Morgan fingerprint density at radius 1 is 1.11 bits per heavy atom. The summed E-state index contributed by atoms with van der Waals surface area (Å²) in [6.07, 6.45) is 0.768. The fourth-order valence-electron chi connectivity index (χ4n) is 3.65. The van der Waals surface area contributed by atoms with Gasteiger partial charge in [-0.05, 0) is 23.6 Å². The molecular weight excluding hydrogens is 360 g/mol. The first-order valence-electron chi connectivity index (χ1n) is 9.59. The van der Waals surface area contributed by atoms with Crippen molar-refractivity contribution in [3.8, 4) is 0 Å². The summed E-state index contributed by atoms with van der Waals surface area (Å²) in [5.41, 5.74) is 2.10. The maximum Gasteiger partial charge on any atom is 0.227 e. The summed E-state index contributed by atoms with van der Waals surface area (Å²) in [7, 11) is 0. The van der Waals surface area contributed by atoms with Gasteiger partial charge < -0.3 is 10.1 Å². The molecule has 0 saturated carbocycles. The SMILES string of the molecule is CCC(C(=O)NCC(c1ccccc1Cl)N1CCOCC1)c1ccccc1. The number of ether oxygens (including phenoxy) is 1. The molecule has 0 aromatic heterocycles. The van der Waals surface area contributed by atoms with Crippen LogP contribution in [-0.4, -0.2) is 43.7 Å². The Hall–Kier alpha value is -1.88. The number of carbonyl (C=O) groups excluding carboxylic acids is 1. The number of halogens is 1. The van der Waals surface area contributed by atoms with Gasteiger partial charge in [0.2, 0.25) is 5.91 Å². The first kappa shape index (κ1) is 19.9. The van der Waals surface area contributed by atoms with E-state index in [2.05, 4.69) is 10.2 Å². The molecule has 1 heterocycles. The van der Waals surface area contributed by atoms with Gasteiger partial charge in [-0.15, -0.1) is 0 Å². The van der Waals surface area contributed by atoms with Gasteiger partial charge in [-0.1, -0.05) is 67.1 Å². The summed E-state index contributed by atoms with van der Waals surface area (Å²) in [6.45, 7) is 5.66. The normalized spacial score (nSPS) is 17.3. The number of hydrogen-bond acceptors (Lipinski definition) is 3. The Balaban J connectivity index is 1.74. The lowest BCUT2D eigenvalue weighted by molar-refractivity contribution is -0.123. The van der Waals surface area contributed by atoms with Crippen molar-refractivity contribution in [2.24, 2.45) is 0 Å². The van der Waals surface area contributed by atoms with Crippen molar-refractivity contribution in [3.63, 3.8) is 0 Å². The third kappa shape index (κ3) is 5.10. The Bertz CT molecular complexity index is 732. The molecule has 4 nitrogen and oxygen atoms in total. The molecule has 0 spiro atoms. The average Bonchev–Trinajstić information content (AvgIpc) is 2.71. The van der Waals surface area contributed by atoms with E-state index in [0.29, 0.717) is 19.8 Å². The third-order valence-electron chi connectivity index (χ3n) is 5.15. The van der Waals surface area contributed by atoms with Crippen LogP contribution in [0.25, 0.3) is 0 Å². The molecule has 0 aliphatic carbocycles. The van der Waals surface area contributed by atoms with Crippen LogP contribution >= 0.6 is 11.6 Å². The van der Waals surface area contributed by atoms with Crippen molar-refractivity contribution >= 4 is 17.5 Å². The van der Waals surface area contributed by atoms with Crippen LogP contribution in [0.1, 0.15) is 36.4 Å². The van der Waals surface area contributed by atoms with E-state index in [0.717, 1.165) is 35.7 Å². The van der Waals surface area contributed by atoms with Crippen molar-refractivity contribution < 1.29 is 9.53 Å². The minimum Gasteiger partial charge on any atom is -0.379 e. The van der Waals surface area contributed by atoms with E-state index in [-0.39, 0.29) is 17.9 Å². The quantitative estimate of drug-likeness (QED) is 0.781. The standard InChI is InChI=1S/C22H27ClN2O2/c1-2-18(17-8-4-3-5-9-17)22(26)24-16-21(25-12-14-27-15-13-25)19-10-6-7-11-20(19)23/h3-11,18,21H,2,12-16H2,1H3,(H,24,26). The van der Waals surface area contributed by atoms with E-state index in [1.54, 1.807) is 0 Å². The fourth-order valence-corrected chi connectivity index (χ4v) is 3.91. The zero-order valence-corrected chi connectivity index (χ0v) is 16.5. The van der Waals surface area contributed by atoms with Gasteiger partial charge in [0.05, 0.1) is 25.2 Å². The highest BCUT2D eigenvalue weighted by Gasteiger charge is 2.26. The minimum absolute atomic E-state index is 0.0415. The second-order valence-electron chi connectivity index (χ2n) is 6.80. The molecule has 144 valence electrons. The molecule has 1 saturated heterocycles. The third-order valence-corrected chi connectivity index (χ3v) is 5.49. The number of hydrogen-bond donors (Lipinski definition) is 1. The van der Waals surface area contributed by atoms with Crippen molar-refractivity contribution in [1.82, 2.24) is 10.2 Å². The van der Waals surface area contributed by atoms with E-state index in [4.69, 9.17) is 16.3 Å². The minimum atomic E-state index is -0.136. The maximum absolute atomic E-state index is 12.9. The largest absolute Gasteiger partial charge is 0.379 e. The van der Waals surface area contributed by atoms with E-state index in [1.807, 2.05) is 61.5 Å². The van der Waals surface area contributed by atoms with E-state index in [9.17, 15) is 4.79 Å². The molecule has 2 aromatic carbocycles. The zero-order valence-electron chi connectivity index (χ0n) is 15.7. The first-order valence-corrected chi connectivity index (χ1v) is 9.97. The number of amides is 1. The summed E-state index contributed by atoms with van der Waals surface area (Å²) >= 11 is 6.47. The lowest BCUT2D eigenvalue weighted by Gasteiger charge is -2.35. The molecule has 27 heavy (non-hydrogen) atoms. The topological polar surface area (TPSA) is 41.6 Å². The van der Waals surface area contributed by atoms with Crippen LogP contribution in [0.2, 0.25) is 5.02 Å². The van der Waals surface area contributed by atoms with Gasteiger partial charge in [-0.25, -0.2) is 0 Å². The molecule has 0 bridgehead atoms. The van der Waals surface area contributed by atoms with E-state index >= 15 is 0 Å². The highest BCUT2D eigenvalue weighted by molar-refractivity contribution is 6.31. The van der Waals surface area contributed by atoms with Gasteiger partial charge in [-0.3, -0.25) is 9.69 Å². The molecule has 3 rings (SSSR count). The number of benzene rings is 2. The lowest BCUT2D eigenvalue weighted by atomic mass is 9.95. The number of carbonyl (C=O) groups is 1. The van der Waals surface area contributed by atoms with Crippen LogP contribution in [0.5, 0.6) is 0 Å². The Labute approximate surface area is 166 Å². The fraction of sp³-hybridized carbons (Fsp3) is 0.409. The van der Waals surface area contributed by atoms with Crippen molar-refractivity contribution in [2.45, 2.75) is 25.3 Å². The molecule has 2 aromatic rings. The molecule has 0 radical (unpaired) electrons. The molecule has 1 fully saturated rings. The second kappa shape index (κ2) is 9.88. The molecule has 1 aliphatic heterocycles. The summed E-state index contributed by atoms with van der Waals surface area (Å²) in [4.78, 5) is 15.2. The van der Waals surface area contributed by atoms with Crippen molar-refractivity contribution in [3.05, 3.63) is 70.7 Å². The van der Waals surface area contributed by atoms with Crippen LogP contribution < -0.4 is 5.32 Å². The van der Waals surface area contributed by atoms with Gasteiger partial charge >= 0.3 is 0 Å². The van der Waals surface area contributed by atoms with Gasteiger partial charge in [-0.2, -0.15) is 0 Å². The number of nitrogens with one attached hydrogen (secondary N) is 1. The zero-order chi connectivity index (χ0) is 19.1. The number of rotatable bonds is 7. The van der Waals surface area contributed by atoms with Crippen LogP contribution in [-0.2, 0) is 9.53 Å². The summed E-state index contributed by atoms with van der Waals surface area (Å²) < 4.78 is 5.49. The van der Waals surface area contributed by atoms with Crippen LogP contribution in [0, 0.1) is 0 Å². The first-order chi connectivity index (χ1) is 13.2. The molecule has 2 unspecified atom stereocenters. The van der Waals surface area contributed by atoms with Crippen LogP contribution in [0.3, 0.4) is 0 Å². The summed E-state index contributed by atoms with van der Waals surface area (Å²) in [5.74, 6) is -0.0724. The molecule has 5 heteroatoms.